The Morgan fingerprint density at radius 3 is 2.48 bits per heavy atom. The number of hydrogen-bond acceptors (Lipinski definition) is 2. The van der Waals surface area contributed by atoms with Crippen molar-refractivity contribution in [3.8, 4) is 0 Å². The third-order valence-electron chi connectivity index (χ3n) is 3.31. The molecule has 0 bridgehead atoms. The van der Waals surface area contributed by atoms with Crippen molar-refractivity contribution in [2.45, 2.75) is 13.8 Å². The van der Waals surface area contributed by atoms with Crippen LogP contribution in [0, 0.1) is 19.7 Å². The molecular formula is C16H14FNO3. The van der Waals surface area contributed by atoms with Gasteiger partial charge in [0.25, 0.3) is 5.91 Å². The van der Waals surface area contributed by atoms with E-state index < -0.39 is 17.7 Å². The summed E-state index contributed by atoms with van der Waals surface area (Å²) in [7, 11) is 0. The number of hydrogen-bond donors (Lipinski definition) is 2. The molecule has 0 saturated carbocycles. The molecule has 0 spiro atoms. The quantitative estimate of drug-likeness (QED) is 0.909. The maximum absolute atomic E-state index is 13.1. The third-order valence-corrected chi connectivity index (χ3v) is 3.31. The lowest BCUT2D eigenvalue weighted by atomic mass is 10.0. The molecule has 0 radical (unpaired) electrons. The molecule has 2 aromatic rings. The summed E-state index contributed by atoms with van der Waals surface area (Å²) in [4.78, 5) is 23.3. The lowest BCUT2D eigenvalue weighted by Crippen LogP contribution is -2.16. The molecule has 2 aromatic carbocycles. The number of carboxylic acids is 1. The smallest absolute Gasteiger partial charge is 0.337 e. The van der Waals surface area contributed by atoms with E-state index in [1.54, 1.807) is 12.1 Å². The van der Waals surface area contributed by atoms with Gasteiger partial charge in [0.2, 0.25) is 0 Å². The topological polar surface area (TPSA) is 66.4 Å². The van der Waals surface area contributed by atoms with Gasteiger partial charge in [0.05, 0.1) is 11.3 Å². The Balaban J connectivity index is 2.36. The molecular weight excluding hydrogens is 273 g/mol. The van der Waals surface area contributed by atoms with Crippen LogP contribution >= 0.6 is 0 Å². The zero-order valence-corrected chi connectivity index (χ0v) is 11.6. The van der Waals surface area contributed by atoms with Gasteiger partial charge in [0, 0.05) is 5.56 Å². The molecule has 0 fully saturated rings. The summed E-state index contributed by atoms with van der Waals surface area (Å²) in [5.41, 5.74) is 2.01. The van der Waals surface area contributed by atoms with Gasteiger partial charge in [-0.25, -0.2) is 9.18 Å². The fourth-order valence-electron chi connectivity index (χ4n) is 1.99. The molecule has 0 aromatic heterocycles. The molecule has 2 N–H and O–H groups in total. The molecule has 1 amide bonds. The van der Waals surface area contributed by atoms with E-state index in [0.717, 1.165) is 23.3 Å². The summed E-state index contributed by atoms with van der Waals surface area (Å²) in [5, 5.41) is 11.6. The molecule has 0 heterocycles. The highest BCUT2D eigenvalue weighted by atomic mass is 19.1. The van der Waals surface area contributed by atoms with Crippen LogP contribution in [0.1, 0.15) is 31.8 Å². The summed E-state index contributed by atoms with van der Waals surface area (Å²) < 4.78 is 13.1. The minimum Gasteiger partial charge on any atom is -0.478 e. The number of anilines is 1. The van der Waals surface area contributed by atoms with Crippen molar-refractivity contribution in [2.24, 2.45) is 0 Å². The Labute approximate surface area is 121 Å². The maximum atomic E-state index is 13.1. The first kappa shape index (κ1) is 14.7. The van der Waals surface area contributed by atoms with Crippen LogP contribution in [0.2, 0.25) is 0 Å². The number of carbonyl (C=O) groups is 2. The van der Waals surface area contributed by atoms with Crippen molar-refractivity contribution >= 4 is 17.6 Å². The van der Waals surface area contributed by atoms with Gasteiger partial charge < -0.3 is 10.4 Å². The standard InChI is InChI=1S/C16H14FNO3/c1-9-4-3-5-12(10(9)2)15(19)18-14-7-6-11(17)8-13(14)16(20)21/h3-8H,1-2H3,(H,18,19)(H,20,21). The van der Waals surface area contributed by atoms with E-state index in [-0.39, 0.29) is 11.3 Å². The molecule has 0 aliphatic carbocycles. The van der Waals surface area contributed by atoms with Gasteiger partial charge in [-0.05, 0) is 49.2 Å². The van der Waals surface area contributed by atoms with E-state index in [1.807, 2.05) is 19.9 Å². The SMILES string of the molecule is Cc1cccc(C(=O)Nc2ccc(F)cc2C(=O)O)c1C. The first-order valence-electron chi connectivity index (χ1n) is 6.30. The minimum atomic E-state index is -1.30. The van der Waals surface area contributed by atoms with Crippen molar-refractivity contribution in [2.75, 3.05) is 5.32 Å². The first-order valence-corrected chi connectivity index (χ1v) is 6.30. The van der Waals surface area contributed by atoms with Gasteiger partial charge in [0.15, 0.2) is 0 Å². The highest BCUT2D eigenvalue weighted by Gasteiger charge is 2.16. The van der Waals surface area contributed by atoms with E-state index in [9.17, 15) is 14.0 Å². The number of aryl methyl sites for hydroxylation is 1. The molecule has 108 valence electrons. The normalized spacial score (nSPS) is 10.2. The van der Waals surface area contributed by atoms with Crippen molar-refractivity contribution in [3.63, 3.8) is 0 Å². The average molecular weight is 287 g/mol. The molecule has 0 atom stereocenters. The fraction of sp³-hybridized carbons (Fsp3) is 0.125. The van der Waals surface area contributed by atoms with Crippen LogP contribution in [0.15, 0.2) is 36.4 Å². The van der Waals surface area contributed by atoms with Crippen LogP contribution in [-0.4, -0.2) is 17.0 Å². The Morgan fingerprint density at radius 1 is 1.10 bits per heavy atom. The highest BCUT2D eigenvalue weighted by Crippen LogP contribution is 2.20. The molecule has 0 unspecified atom stereocenters. The van der Waals surface area contributed by atoms with E-state index >= 15 is 0 Å². The Morgan fingerprint density at radius 2 is 1.81 bits per heavy atom. The lowest BCUT2D eigenvalue weighted by Gasteiger charge is -2.11. The van der Waals surface area contributed by atoms with Gasteiger partial charge in [0.1, 0.15) is 5.82 Å². The van der Waals surface area contributed by atoms with Crippen molar-refractivity contribution < 1.29 is 19.1 Å². The number of benzene rings is 2. The zero-order valence-electron chi connectivity index (χ0n) is 11.6. The highest BCUT2D eigenvalue weighted by molar-refractivity contribution is 6.08. The lowest BCUT2D eigenvalue weighted by molar-refractivity contribution is 0.0697. The molecule has 0 saturated heterocycles. The van der Waals surface area contributed by atoms with Crippen molar-refractivity contribution in [1.29, 1.82) is 0 Å². The number of rotatable bonds is 3. The van der Waals surface area contributed by atoms with E-state index in [2.05, 4.69) is 5.32 Å². The first-order chi connectivity index (χ1) is 9.90. The number of amides is 1. The summed E-state index contributed by atoms with van der Waals surface area (Å²) in [6.45, 7) is 3.69. The van der Waals surface area contributed by atoms with Gasteiger partial charge in [-0.3, -0.25) is 4.79 Å². The monoisotopic (exact) mass is 287 g/mol. The Kier molecular flexibility index (Phi) is 4.03. The number of aromatic carboxylic acids is 1. The minimum absolute atomic E-state index is 0.0646. The van der Waals surface area contributed by atoms with Crippen molar-refractivity contribution in [1.82, 2.24) is 0 Å². The van der Waals surface area contributed by atoms with Crippen molar-refractivity contribution in [3.05, 3.63) is 64.5 Å². The predicted octanol–water partition coefficient (Wildman–Crippen LogP) is 3.39. The maximum Gasteiger partial charge on any atom is 0.337 e. The number of carbonyl (C=O) groups excluding carboxylic acids is 1. The second-order valence-electron chi connectivity index (χ2n) is 4.70. The summed E-state index contributed by atoms with van der Waals surface area (Å²) >= 11 is 0. The van der Waals surface area contributed by atoms with E-state index in [0.29, 0.717) is 5.56 Å². The Hall–Kier alpha value is -2.69. The second kappa shape index (κ2) is 5.75. The summed E-state index contributed by atoms with van der Waals surface area (Å²) in [6, 6.07) is 8.50. The van der Waals surface area contributed by atoms with Gasteiger partial charge in [-0.2, -0.15) is 0 Å². The van der Waals surface area contributed by atoms with Crippen LogP contribution in [0.3, 0.4) is 0 Å². The Bertz CT molecular complexity index is 725. The van der Waals surface area contributed by atoms with E-state index in [1.165, 1.54) is 6.07 Å². The van der Waals surface area contributed by atoms with Gasteiger partial charge in [-0.15, -0.1) is 0 Å². The summed E-state index contributed by atoms with van der Waals surface area (Å²) in [6.07, 6.45) is 0. The van der Waals surface area contributed by atoms with Crippen LogP contribution in [0.25, 0.3) is 0 Å². The zero-order chi connectivity index (χ0) is 15.6. The largest absolute Gasteiger partial charge is 0.478 e. The molecule has 21 heavy (non-hydrogen) atoms. The molecule has 2 rings (SSSR count). The van der Waals surface area contributed by atoms with Crippen LogP contribution < -0.4 is 5.32 Å². The van der Waals surface area contributed by atoms with Gasteiger partial charge >= 0.3 is 5.97 Å². The third kappa shape index (κ3) is 3.08. The van der Waals surface area contributed by atoms with Crippen LogP contribution in [0.4, 0.5) is 10.1 Å². The number of nitrogens with one attached hydrogen (secondary N) is 1. The number of carboxylic acid groups (broad SMARTS) is 1. The fourth-order valence-corrected chi connectivity index (χ4v) is 1.99. The summed E-state index contributed by atoms with van der Waals surface area (Å²) in [5.74, 6) is -2.40. The molecule has 4 nitrogen and oxygen atoms in total. The van der Waals surface area contributed by atoms with Crippen LogP contribution in [0.5, 0.6) is 0 Å². The molecule has 0 aliphatic rings. The van der Waals surface area contributed by atoms with Crippen LogP contribution in [-0.2, 0) is 0 Å². The molecule has 0 aliphatic heterocycles. The predicted molar refractivity (Wildman–Crippen MR) is 77.2 cm³/mol. The second-order valence-corrected chi connectivity index (χ2v) is 4.70. The van der Waals surface area contributed by atoms with Gasteiger partial charge in [-0.1, -0.05) is 12.1 Å². The average Bonchev–Trinajstić information content (AvgIpc) is 2.43. The molecule has 5 heteroatoms. The van der Waals surface area contributed by atoms with E-state index in [4.69, 9.17) is 5.11 Å². The number of halogens is 1.